The zero-order valence-corrected chi connectivity index (χ0v) is 10.6. The first-order chi connectivity index (χ1) is 8.54. The molecule has 0 spiro atoms. The summed E-state index contributed by atoms with van der Waals surface area (Å²) in [5, 5.41) is 8.15. The van der Waals surface area contributed by atoms with Gasteiger partial charge in [0.2, 0.25) is 0 Å². The minimum Gasteiger partial charge on any atom is -0.494 e. The summed E-state index contributed by atoms with van der Waals surface area (Å²) in [5.41, 5.74) is 6.45. The van der Waals surface area contributed by atoms with Gasteiger partial charge in [0.1, 0.15) is 11.4 Å². The molecule has 1 amide bonds. The van der Waals surface area contributed by atoms with Gasteiger partial charge < -0.3 is 10.5 Å². The van der Waals surface area contributed by atoms with Crippen molar-refractivity contribution >= 4 is 17.5 Å². The molecule has 1 heterocycles. The van der Waals surface area contributed by atoms with Gasteiger partial charge in [-0.15, -0.1) is 5.10 Å². The van der Waals surface area contributed by atoms with Crippen LogP contribution in [0.15, 0.2) is 18.2 Å². The molecule has 0 bridgehead atoms. The van der Waals surface area contributed by atoms with Crippen LogP contribution < -0.4 is 10.5 Å². The van der Waals surface area contributed by atoms with E-state index in [1.54, 1.807) is 25.1 Å². The van der Waals surface area contributed by atoms with E-state index in [0.717, 1.165) is 0 Å². The van der Waals surface area contributed by atoms with E-state index < -0.39 is 5.91 Å². The predicted octanol–water partition coefficient (Wildman–Crippen LogP) is 1.34. The number of methoxy groups -OCH3 is 1. The molecule has 1 aromatic heterocycles. The topological polar surface area (TPSA) is 83.0 Å². The minimum absolute atomic E-state index is 0.122. The first-order valence-corrected chi connectivity index (χ1v) is 5.48. The normalized spacial score (nSPS) is 10.4. The van der Waals surface area contributed by atoms with Gasteiger partial charge in [-0.25, -0.2) is 4.68 Å². The maximum absolute atomic E-state index is 11.1. The SMILES string of the molecule is COc1ccc(Cl)cc1-n1nnc(C(N)=O)c1C. The number of hydrogen-bond donors (Lipinski definition) is 1. The largest absolute Gasteiger partial charge is 0.494 e. The predicted molar refractivity (Wildman–Crippen MR) is 66.2 cm³/mol. The van der Waals surface area contributed by atoms with Crippen molar-refractivity contribution in [3.05, 3.63) is 34.6 Å². The van der Waals surface area contributed by atoms with E-state index in [2.05, 4.69) is 10.3 Å². The van der Waals surface area contributed by atoms with Crippen LogP contribution in [0.3, 0.4) is 0 Å². The summed E-state index contributed by atoms with van der Waals surface area (Å²) in [5.74, 6) is -0.0526. The van der Waals surface area contributed by atoms with Gasteiger partial charge in [0, 0.05) is 5.02 Å². The number of primary amides is 1. The molecule has 0 fully saturated rings. The number of benzene rings is 1. The van der Waals surface area contributed by atoms with Gasteiger partial charge in [-0.2, -0.15) is 0 Å². The average Bonchev–Trinajstić information content (AvgIpc) is 2.71. The molecule has 2 N–H and O–H groups in total. The molecule has 2 aromatic rings. The molecule has 0 saturated heterocycles. The summed E-state index contributed by atoms with van der Waals surface area (Å²) in [7, 11) is 1.54. The fourth-order valence-corrected chi connectivity index (χ4v) is 1.78. The number of nitrogens with zero attached hydrogens (tertiary/aromatic N) is 3. The number of hydrogen-bond acceptors (Lipinski definition) is 4. The van der Waals surface area contributed by atoms with Crippen LogP contribution in [0.25, 0.3) is 5.69 Å². The third kappa shape index (κ3) is 2.02. The van der Waals surface area contributed by atoms with Gasteiger partial charge in [-0.1, -0.05) is 16.8 Å². The first kappa shape index (κ1) is 12.4. The Labute approximate surface area is 108 Å². The molecule has 0 aliphatic rings. The molecule has 6 nitrogen and oxygen atoms in total. The standard InChI is InChI=1S/C11H11ClN4O2/c1-6-10(11(13)17)14-15-16(6)8-5-7(12)3-4-9(8)18-2/h3-5H,1-2H3,(H2,13,17). The summed E-state index contributed by atoms with van der Waals surface area (Å²) in [6.07, 6.45) is 0. The highest BCUT2D eigenvalue weighted by Crippen LogP contribution is 2.27. The molecule has 94 valence electrons. The van der Waals surface area contributed by atoms with E-state index in [-0.39, 0.29) is 5.69 Å². The maximum Gasteiger partial charge on any atom is 0.271 e. The fraction of sp³-hybridized carbons (Fsp3) is 0.182. The smallest absolute Gasteiger partial charge is 0.271 e. The van der Waals surface area contributed by atoms with Gasteiger partial charge in [0.25, 0.3) is 5.91 Å². The molecule has 7 heteroatoms. The number of ether oxygens (including phenoxy) is 1. The first-order valence-electron chi connectivity index (χ1n) is 5.10. The third-order valence-electron chi connectivity index (χ3n) is 2.50. The summed E-state index contributed by atoms with van der Waals surface area (Å²) < 4.78 is 6.68. The van der Waals surface area contributed by atoms with Crippen LogP contribution in [0.4, 0.5) is 0 Å². The van der Waals surface area contributed by atoms with Crippen LogP contribution in [0, 0.1) is 6.92 Å². The van der Waals surface area contributed by atoms with E-state index in [9.17, 15) is 4.79 Å². The van der Waals surface area contributed by atoms with Crippen molar-refractivity contribution in [1.82, 2.24) is 15.0 Å². The molecule has 0 saturated carbocycles. The molecular weight excluding hydrogens is 256 g/mol. The second-order valence-corrected chi connectivity index (χ2v) is 4.05. The van der Waals surface area contributed by atoms with Crippen LogP contribution in [0.1, 0.15) is 16.2 Å². The van der Waals surface area contributed by atoms with Crippen LogP contribution >= 0.6 is 11.6 Å². The fourth-order valence-electron chi connectivity index (χ4n) is 1.61. The Hall–Kier alpha value is -2.08. The van der Waals surface area contributed by atoms with Crippen molar-refractivity contribution in [2.24, 2.45) is 5.73 Å². The second kappa shape index (κ2) is 4.66. The van der Waals surface area contributed by atoms with E-state index >= 15 is 0 Å². The number of aromatic nitrogens is 3. The Kier molecular flexibility index (Phi) is 3.20. The van der Waals surface area contributed by atoms with E-state index in [4.69, 9.17) is 22.1 Å². The number of carbonyl (C=O) groups is 1. The molecule has 0 aliphatic heterocycles. The quantitative estimate of drug-likeness (QED) is 0.909. The summed E-state index contributed by atoms with van der Waals surface area (Å²) in [6, 6.07) is 5.08. The Morgan fingerprint density at radius 2 is 2.22 bits per heavy atom. The Bertz CT molecular complexity index is 609. The monoisotopic (exact) mass is 266 g/mol. The molecule has 0 atom stereocenters. The minimum atomic E-state index is -0.625. The molecule has 0 aliphatic carbocycles. The zero-order valence-electron chi connectivity index (χ0n) is 9.85. The Morgan fingerprint density at radius 1 is 1.50 bits per heavy atom. The molecular formula is C11H11ClN4O2. The molecule has 0 radical (unpaired) electrons. The van der Waals surface area contributed by atoms with Crippen molar-refractivity contribution in [3.8, 4) is 11.4 Å². The number of amides is 1. The second-order valence-electron chi connectivity index (χ2n) is 3.62. The Morgan fingerprint density at radius 3 is 2.78 bits per heavy atom. The average molecular weight is 267 g/mol. The number of nitrogens with two attached hydrogens (primary N) is 1. The lowest BCUT2D eigenvalue weighted by atomic mass is 10.2. The van der Waals surface area contributed by atoms with E-state index in [0.29, 0.717) is 22.2 Å². The van der Waals surface area contributed by atoms with Crippen LogP contribution in [0.2, 0.25) is 5.02 Å². The molecule has 18 heavy (non-hydrogen) atoms. The lowest BCUT2D eigenvalue weighted by Gasteiger charge is -2.09. The highest BCUT2D eigenvalue weighted by Gasteiger charge is 2.17. The maximum atomic E-state index is 11.1. The molecule has 2 rings (SSSR count). The molecule has 0 unspecified atom stereocenters. The van der Waals surface area contributed by atoms with Crippen molar-refractivity contribution in [2.45, 2.75) is 6.92 Å². The van der Waals surface area contributed by atoms with Crippen molar-refractivity contribution in [2.75, 3.05) is 7.11 Å². The summed E-state index contributed by atoms with van der Waals surface area (Å²) in [4.78, 5) is 11.1. The van der Waals surface area contributed by atoms with E-state index in [1.165, 1.54) is 11.8 Å². The van der Waals surface area contributed by atoms with Crippen LogP contribution in [-0.4, -0.2) is 28.0 Å². The van der Waals surface area contributed by atoms with Gasteiger partial charge in [-0.05, 0) is 25.1 Å². The van der Waals surface area contributed by atoms with Crippen molar-refractivity contribution in [3.63, 3.8) is 0 Å². The van der Waals surface area contributed by atoms with Gasteiger partial charge in [0.05, 0.1) is 12.8 Å². The lowest BCUT2D eigenvalue weighted by Crippen LogP contribution is -2.13. The Balaban J connectivity index is 2.61. The van der Waals surface area contributed by atoms with Crippen molar-refractivity contribution < 1.29 is 9.53 Å². The van der Waals surface area contributed by atoms with Gasteiger partial charge in [0.15, 0.2) is 5.69 Å². The summed E-state index contributed by atoms with van der Waals surface area (Å²) >= 11 is 5.94. The van der Waals surface area contributed by atoms with E-state index in [1.807, 2.05) is 0 Å². The number of carbonyl (C=O) groups excluding carboxylic acids is 1. The van der Waals surface area contributed by atoms with Crippen LogP contribution in [0.5, 0.6) is 5.75 Å². The molecule has 1 aromatic carbocycles. The van der Waals surface area contributed by atoms with Crippen LogP contribution in [-0.2, 0) is 0 Å². The lowest BCUT2D eigenvalue weighted by molar-refractivity contribution is 0.0995. The highest BCUT2D eigenvalue weighted by atomic mass is 35.5. The third-order valence-corrected chi connectivity index (χ3v) is 2.73. The van der Waals surface area contributed by atoms with Crippen molar-refractivity contribution in [1.29, 1.82) is 0 Å². The van der Waals surface area contributed by atoms with Gasteiger partial charge in [-0.3, -0.25) is 4.79 Å². The number of halogens is 1. The number of rotatable bonds is 3. The highest BCUT2D eigenvalue weighted by molar-refractivity contribution is 6.30. The van der Waals surface area contributed by atoms with Gasteiger partial charge >= 0.3 is 0 Å². The summed E-state index contributed by atoms with van der Waals surface area (Å²) in [6.45, 7) is 1.69. The zero-order chi connectivity index (χ0) is 13.3.